The van der Waals surface area contributed by atoms with Gasteiger partial charge in [-0.2, -0.15) is 0 Å². The lowest BCUT2D eigenvalue weighted by Gasteiger charge is -2.23. The molecule has 1 heteroatoms. The Bertz CT molecular complexity index is 368. The highest BCUT2D eigenvalue weighted by molar-refractivity contribution is 5.37. The van der Waals surface area contributed by atoms with Crippen molar-refractivity contribution in [1.82, 2.24) is 5.32 Å². The van der Waals surface area contributed by atoms with Gasteiger partial charge >= 0.3 is 0 Å². The van der Waals surface area contributed by atoms with Gasteiger partial charge in [0.15, 0.2) is 0 Å². The molecule has 0 saturated carbocycles. The molecule has 1 N–H and O–H groups in total. The second-order valence-corrected chi connectivity index (χ2v) is 5.49. The van der Waals surface area contributed by atoms with Crippen LogP contribution in [0.4, 0.5) is 0 Å². The molecule has 1 aromatic rings. The molecule has 0 bridgehead atoms. The smallest absolute Gasteiger partial charge is 0.0328 e. The molecule has 0 saturated heterocycles. The van der Waals surface area contributed by atoms with Crippen LogP contribution in [0.3, 0.4) is 0 Å². The van der Waals surface area contributed by atoms with E-state index < -0.39 is 0 Å². The molecule has 0 fully saturated rings. The molecular formula is C15H23N. The summed E-state index contributed by atoms with van der Waals surface area (Å²) in [6.07, 6.45) is 2.50. The van der Waals surface area contributed by atoms with Gasteiger partial charge in [-0.05, 0) is 43.7 Å². The van der Waals surface area contributed by atoms with Crippen molar-refractivity contribution < 1.29 is 0 Å². The summed E-state index contributed by atoms with van der Waals surface area (Å²) in [6, 6.07) is 8.06. The Morgan fingerprint density at radius 2 is 2.00 bits per heavy atom. The monoisotopic (exact) mass is 217 g/mol. The molecule has 1 aromatic carbocycles. The van der Waals surface area contributed by atoms with Gasteiger partial charge in [-0.25, -0.2) is 0 Å². The standard InChI is InChI=1S/C15H23N/c1-10(2)12(4)16-15-8-6-13-9-11(3)5-7-14(13)15/h5,7,9-10,12,15-16H,6,8H2,1-4H3. The van der Waals surface area contributed by atoms with Gasteiger partial charge in [0, 0.05) is 12.1 Å². The van der Waals surface area contributed by atoms with Gasteiger partial charge < -0.3 is 5.32 Å². The normalized spacial score (nSPS) is 21.2. The first-order valence-electron chi connectivity index (χ1n) is 6.43. The van der Waals surface area contributed by atoms with Gasteiger partial charge in [0.1, 0.15) is 0 Å². The zero-order chi connectivity index (χ0) is 11.7. The minimum Gasteiger partial charge on any atom is -0.307 e. The average molecular weight is 217 g/mol. The van der Waals surface area contributed by atoms with Crippen molar-refractivity contribution in [3.05, 3.63) is 34.9 Å². The summed E-state index contributed by atoms with van der Waals surface area (Å²) < 4.78 is 0. The second kappa shape index (κ2) is 4.58. The minimum atomic E-state index is 0.577. The van der Waals surface area contributed by atoms with Gasteiger partial charge in [0.25, 0.3) is 0 Å². The third kappa shape index (κ3) is 2.30. The molecule has 2 atom stereocenters. The van der Waals surface area contributed by atoms with Crippen LogP contribution in [0.1, 0.15) is 49.9 Å². The zero-order valence-corrected chi connectivity index (χ0v) is 10.9. The van der Waals surface area contributed by atoms with Crippen LogP contribution in [0.15, 0.2) is 18.2 Å². The molecule has 0 heterocycles. The quantitative estimate of drug-likeness (QED) is 0.815. The van der Waals surface area contributed by atoms with Crippen LogP contribution in [0, 0.1) is 12.8 Å². The van der Waals surface area contributed by atoms with Crippen LogP contribution in [0.25, 0.3) is 0 Å². The van der Waals surface area contributed by atoms with Gasteiger partial charge in [-0.3, -0.25) is 0 Å². The highest BCUT2D eigenvalue weighted by Crippen LogP contribution is 2.32. The lowest BCUT2D eigenvalue weighted by atomic mass is 10.0. The Kier molecular flexibility index (Phi) is 3.34. The summed E-state index contributed by atoms with van der Waals surface area (Å²) in [6.45, 7) is 9.03. The fraction of sp³-hybridized carbons (Fsp3) is 0.600. The van der Waals surface area contributed by atoms with Crippen LogP contribution in [-0.4, -0.2) is 6.04 Å². The summed E-state index contributed by atoms with van der Waals surface area (Å²) >= 11 is 0. The molecule has 1 nitrogen and oxygen atoms in total. The van der Waals surface area contributed by atoms with E-state index in [1.165, 1.54) is 24.0 Å². The number of fused-ring (bicyclic) bond motifs is 1. The minimum absolute atomic E-state index is 0.577. The maximum Gasteiger partial charge on any atom is 0.0328 e. The van der Waals surface area contributed by atoms with E-state index >= 15 is 0 Å². The van der Waals surface area contributed by atoms with E-state index in [0.717, 1.165) is 0 Å². The second-order valence-electron chi connectivity index (χ2n) is 5.49. The first kappa shape index (κ1) is 11.7. The molecule has 2 rings (SSSR count). The fourth-order valence-electron chi connectivity index (χ4n) is 2.43. The molecule has 0 amide bonds. The van der Waals surface area contributed by atoms with Crippen LogP contribution in [0.2, 0.25) is 0 Å². The van der Waals surface area contributed by atoms with Crippen molar-refractivity contribution in [3.63, 3.8) is 0 Å². The van der Waals surface area contributed by atoms with Gasteiger partial charge in [-0.1, -0.05) is 37.6 Å². The lowest BCUT2D eigenvalue weighted by molar-refractivity contribution is 0.375. The van der Waals surface area contributed by atoms with Crippen molar-refractivity contribution in [2.45, 2.75) is 52.6 Å². The third-order valence-corrected chi connectivity index (χ3v) is 3.84. The van der Waals surface area contributed by atoms with E-state index in [9.17, 15) is 0 Å². The first-order chi connectivity index (χ1) is 7.58. The van der Waals surface area contributed by atoms with Crippen molar-refractivity contribution in [3.8, 4) is 0 Å². The Labute approximate surface area is 99.3 Å². The van der Waals surface area contributed by atoms with E-state index in [4.69, 9.17) is 0 Å². The molecule has 2 unspecified atom stereocenters. The number of nitrogens with one attached hydrogen (secondary N) is 1. The van der Waals surface area contributed by atoms with Crippen molar-refractivity contribution >= 4 is 0 Å². The number of aryl methyl sites for hydroxylation is 2. The number of rotatable bonds is 3. The summed E-state index contributed by atoms with van der Waals surface area (Å²) in [5.41, 5.74) is 4.46. The number of hydrogen-bond donors (Lipinski definition) is 1. The molecule has 0 aromatic heterocycles. The van der Waals surface area contributed by atoms with Crippen molar-refractivity contribution in [2.75, 3.05) is 0 Å². The van der Waals surface area contributed by atoms with Crippen LogP contribution >= 0.6 is 0 Å². The van der Waals surface area contributed by atoms with Crippen LogP contribution < -0.4 is 5.32 Å². The van der Waals surface area contributed by atoms with Crippen molar-refractivity contribution in [1.29, 1.82) is 0 Å². The highest BCUT2D eigenvalue weighted by atomic mass is 15.0. The Morgan fingerprint density at radius 1 is 1.25 bits per heavy atom. The van der Waals surface area contributed by atoms with E-state index in [1.807, 2.05) is 0 Å². The van der Waals surface area contributed by atoms with Crippen molar-refractivity contribution in [2.24, 2.45) is 5.92 Å². The molecule has 1 aliphatic rings. The van der Waals surface area contributed by atoms with Gasteiger partial charge in [0.2, 0.25) is 0 Å². The van der Waals surface area contributed by atoms with E-state index in [2.05, 4.69) is 51.2 Å². The van der Waals surface area contributed by atoms with E-state index in [-0.39, 0.29) is 0 Å². The Morgan fingerprint density at radius 3 is 2.69 bits per heavy atom. The average Bonchev–Trinajstić information content (AvgIpc) is 2.60. The highest BCUT2D eigenvalue weighted by Gasteiger charge is 2.23. The number of hydrogen-bond acceptors (Lipinski definition) is 1. The molecule has 0 radical (unpaired) electrons. The fourth-order valence-corrected chi connectivity index (χ4v) is 2.43. The predicted octanol–water partition coefficient (Wildman–Crippen LogP) is 3.62. The molecule has 0 aliphatic heterocycles. The molecule has 0 spiro atoms. The lowest BCUT2D eigenvalue weighted by Crippen LogP contribution is -2.33. The Balaban J connectivity index is 2.12. The van der Waals surface area contributed by atoms with Gasteiger partial charge in [-0.15, -0.1) is 0 Å². The summed E-state index contributed by atoms with van der Waals surface area (Å²) in [5.74, 6) is 0.703. The molecule has 1 aliphatic carbocycles. The number of benzene rings is 1. The summed E-state index contributed by atoms with van der Waals surface area (Å²) in [5, 5.41) is 3.75. The molecule has 88 valence electrons. The zero-order valence-electron chi connectivity index (χ0n) is 10.9. The van der Waals surface area contributed by atoms with Crippen LogP contribution in [0.5, 0.6) is 0 Å². The maximum atomic E-state index is 3.75. The Hall–Kier alpha value is -0.820. The molecular weight excluding hydrogens is 194 g/mol. The van der Waals surface area contributed by atoms with E-state index in [1.54, 1.807) is 5.56 Å². The largest absolute Gasteiger partial charge is 0.307 e. The summed E-state index contributed by atoms with van der Waals surface area (Å²) in [4.78, 5) is 0. The maximum absolute atomic E-state index is 3.75. The van der Waals surface area contributed by atoms with Gasteiger partial charge in [0.05, 0.1) is 0 Å². The molecule has 16 heavy (non-hydrogen) atoms. The summed E-state index contributed by atoms with van der Waals surface area (Å²) in [7, 11) is 0. The predicted molar refractivity (Wildman–Crippen MR) is 69.7 cm³/mol. The van der Waals surface area contributed by atoms with E-state index in [0.29, 0.717) is 18.0 Å². The topological polar surface area (TPSA) is 12.0 Å². The third-order valence-electron chi connectivity index (χ3n) is 3.84. The SMILES string of the molecule is Cc1ccc2c(c1)CCC2NC(C)C(C)C. The van der Waals surface area contributed by atoms with Crippen LogP contribution in [-0.2, 0) is 6.42 Å². The first-order valence-corrected chi connectivity index (χ1v) is 6.43.